The van der Waals surface area contributed by atoms with Crippen molar-refractivity contribution < 1.29 is 4.74 Å². The zero-order chi connectivity index (χ0) is 8.84. The van der Waals surface area contributed by atoms with Crippen molar-refractivity contribution in [1.82, 2.24) is 0 Å². The van der Waals surface area contributed by atoms with E-state index in [1.807, 2.05) is 0 Å². The molecule has 0 radical (unpaired) electrons. The van der Waals surface area contributed by atoms with Crippen LogP contribution in [0.5, 0.6) is 5.75 Å². The fraction of sp³-hybridized carbons (Fsp3) is 0.455. The summed E-state index contributed by atoms with van der Waals surface area (Å²) in [6.07, 6.45) is 4.42. The molecule has 3 rings (SSSR count). The van der Waals surface area contributed by atoms with Gasteiger partial charge in [0.25, 0.3) is 0 Å². The largest absolute Gasteiger partial charge is 0.475 e. The Morgan fingerprint density at radius 1 is 1.23 bits per heavy atom. The maximum atomic E-state index is 5.76. The monoisotopic (exact) mass is 175 g/mol. The molecule has 0 aromatic heterocycles. The predicted octanol–water partition coefficient (Wildman–Crippen LogP) is 1.40. The van der Waals surface area contributed by atoms with Crippen molar-refractivity contribution in [1.29, 1.82) is 0 Å². The number of hydrogen-bond acceptors (Lipinski definition) is 2. The van der Waals surface area contributed by atoms with Gasteiger partial charge in [-0.2, -0.15) is 0 Å². The highest BCUT2D eigenvalue weighted by molar-refractivity contribution is 5.50. The first-order chi connectivity index (χ1) is 6.34. The van der Waals surface area contributed by atoms with E-state index >= 15 is 0 Å². The molecular weight excluding hydrogens is 162 g/mol. The Kier molecular flexibility index (Phi) is 1.41. The highest BCUT2D eigenvalue weighted by Gasteiger charge is 2.25. The average Bonchev–Trinajstić information content (AvgIpc) is 2.65. The first-order valence-corrected chi connectivity index (χ1v) is 4.90. The van der Waals surface area contributed by atoms with E-state index < -0.39 is 0 Å². The molecule has 2 aliphatic rings. The van der Waals surface area contributed by atoms with Crippen molar-refractivity contribution >= 4 is 0 Å². The number of benzene rings is 1. The van der Waals surface area contributed by atoms with Crippen LogP contribution in [0.4, 0.5) is 0 Å². The van der Waals surface area contributed by atoms with Crippen LogP contribution < -0.4 is 10.5 Å². The van der Waals surface area contributed by atoms with Gasteiger partial charge in [0, 0.05) is 6.42 Å². The zero-order valence-corrected chi connectivity index (χ0v) is 7.55. The molecule has 0 amide bonds. The second-order valence-electron chi connectivity index (χ2n) is 3.91. The van der Waals surface area contributed by atoms with E-state index in [2.05, 4.69) is 12.1 Å². The molecule has 1 aromatic carbocycles. The number of ether oxygens (including phenoxy) is 1. The highest BCUT2D eigenvalue weighted by Crippen LogP contribution is 2.37. The molecule has 1 atom stereocenters. The molecule has 68 valence electrons. The quantitative estimate of drug-likeness (QED) is 0.646. The lowest BCUT2D eigenvalue weighted by Gasteiger charge is -2.07. The Balaban J connectivity index is 2.16. The van der Waals surface area contributed by atoms with Crippen molar-refractivity contribution in [2.75, 3.05) is 0 Å². The van der Waals surface area contributed by atoms with Crippen LogP contribution in [-0.4, -0.2) is 6.23 Å². The maximum Gasteiger partial charge on any atom is 0.151 e. The molecule has 0 spiro atoms. The number of hydrogen-bond donors (Lipinski definition) is 1. The van der Waals surface area contributed by atoms with Gasteiger partial charge in [0.1, 0.15) is 5.75 Å². The van der Waals surface area contributed by atoms with Gasteiger partial charge >= 0.3 is 0 Å². The van der Waals surface area contributed by atoms with E-state index in [9.17, 15) is 0 Å². The van der Waals surface area contributed by atoms with Crippen LogP contribution in [0, 0.1) is 0 Å². The standard InChI is InChI=1S/C11H13NO/c12-10-6-8-5-4-7-2-1-3-9(7)11(8)13-10/h4-5,10H,1-3,6,12H2. The molecule has 0 bridgehead atoms. The van der Waals surface area contributed by atoms with Crippen molar-refractivity contribution in [3.05, 3.63) is 28.8 Å². The minimum Gasteiger partial charge on any atom is -0.475 e. The summed E-state index contributed by atoms with van der Waals surface area (Å²) in [5.74, 6) is 1.10. The lowest BCUT2D eigenvalue weighted by atomic mass is 10.0. The molecular formula is C11H13NO. The SMILES string of the molecule is NC1Cc2ccc3c(c2O1)CCC3. The van der Waals surface area contributed by atoms with Gasteiger partial charge in [-0.05, 0) is 36.0 Å². The maximum absolute atomic E-state index is 5.76. The molecule has 2 heteroatoms. The van der Waals surface area contributed by atoms with Gasteiger partial charge < -0.3 is 4.74 Å². The summed E-state index contributed by atoms with van der Waals surface area (Å²) in [7, 11) is 0. The molecule has 1 heterocycles. The predicted molar refractivity (Wildman–Crippen MR) is 50.8 cm³/mol. The molecule has 0 saturated carbocycles. The van der Waals surface area contributed by atoms with E-state index in [4.69, 9.17) is 10.5 Å². The molecule has 1 aliphatic heterocycles. The summed E-state index contributed by atoms with van der Waals surface area (Å²) in [6.45, 7) is 0. The van der Waals surface area contributed by atoms with E-state index in [1.54, 1.807) is 0 Å². The summed E-state index contributed by atoms with van der Waals surface area (Å²) in [5, 5.41) is 0. The summed E-state index contributed by atoms with van der Waals surface area (Å²) in [4.78, 5) is 0. The molecule has 0 fully saturated rings. The lowest BCUT2D eigenvalue weighted by molar-refractivity contribution is 0.240. The molecule has 0 saturated heterocycles. The number of aryl methyl sites for hydroxylation is 1. The average molecular weight is 175 g/mol. The summed E-state index contributed by atoms with van der Waals surface area (Å²) >= 11 is 0. The minimum absolute atomic E-state index is 0.109. The summed E-state index contributed by atoms with van der Waals surface area (Å²) in [5.41, 5.74) is 9.94. The third kappa shape index (κ3) is 0.985. The first kappa shape index (κ1) is 7.39. The summed E-state index contributed by atoms with van der Waals surface area (Å²) < 4.78 is 5.63. The third-order valence-corrected chi connectivity index (χ3v) is 3.00. The highest BCUT2D eigenvalue weighted by atomic mass is 16.5. The van der Waals surface area contributed by atoms with Crippen LogP contribution in [0.3, 0.4) is 0 Å². The van der Waals surface area contributed by atoms with Crippen LogP contribution in [-0.2, 0) is 19.3 Å². The van der Waals surface area contributed by atoms with Crippen LogP contribution >= 0.6 is 0 Å². The fourth-order valence-corrected chi connectivity index (χ4v) is 2.40. The van der Waals surface area contributed by atoms with Gasteiger partial charge in [0.05, 0.1) is 0 Å². The first-order valence-electron chi connectivity index (χ1n) is 4.90. The Hall–Kier alpha value is -1.02. The second kappa shape index (κ2) is 2.48. The number of rotatable bonds is 0. The van der Waals surface area contributed by atoms with E-state index in [-0.39, 0.29) is 6.23 Å². The van der Waals surface area contributed by atoms with Crippen molar-refractivity contribution in [3.63, 3.8) is 0 Å². The van der Waals surface area contributed by atoms with Gasteiger partial charge in [-0.25, -0.2) is 0 Å². The number of nitrogens with two attached hydrogens (primary N) is 1. The van der Waals surface area contributed by atoms with Gasteiger partial charge in [-0.1, -0.05) is 12.1 Å². The van der Waals surface area contributed by atoms with Crippen molar-refractivity contribution in [2.45, 2.75) is 31.9 Å². The van der Waals surface area contributed by atoms with Crippen LogP contribution in [0.2, 0.25) is 0 Å². The molecule has 1 unspecified atom stereocenters. The third-order valence-electron chi connectivity index (χ3n) is 3.00. The van der Waals surface area contributed by atoms with Gasteiger partial charge in [-0.3, -0.25) is 5.73 Å². The minimum atomic E-state index is -0.109. The van der Waals surface area contributed by atoms with Gasteiger partial charge in [0.15, 0.2) is 6.23 Å². The normalized spacial score (nSPS) is 23.9. The smallest absolute Gasteiger partial charge is 0.151 e. The Bertz CT molecular complexity index is 359. The number of fused-ring (bicyclic) bond motifs is 3. The molecule has 13 heavy (non-hydrogen) atoms. The Labute approximate surface area is 77.7 Å². The van der Waals surface area contributed by atoms with Crippen molar-refractivity contribution in [3.8, 4) is 5.75 Å². The molecule has 2 N–H and O–H groups in total. The van der Waals surface area contributed by atoms with E-state index in [1.165, 1.54) is 36.0 Å². The van der Waals surface area contributed by atoms with Crippen molar-refractivity contribution in [2.24, 2.45) is 5.73 Å². The Morgan fingerprint density at radius 3 is 3.00 bits per heavy atom. The fourth-order valence-electron chi connectivity index (χ4n) is 2.40. The van der Waals surface area contributed by atoms with Crippen LogP contribution in [0.25, 0.3) is 0 Å². The zero-order valence-electron chi connectivity index (χ0n) is 7.55. The molecule has 2 nitrogen and oxygen atoms in total. The van der Waals surface area contributed by atoms with E-state index in [0.29, 0.717) is 0 Å². The van der Waals surface area contributed by atoms with Gasteiger partial charge in [-0.15, -0.1) is 0 Å². The summed E-state index contributed by atoms with van der Waals surface area (Å²) in [6, 6.07) is 4.41. The second-order valence-corrected chi connectivity index (χ2v) is 3.91. The van der Waals surface area contributed by atoms with Crippen LogP contribution in [0.15, 0.2) is 12.1 Å². The van der Waals surface area contributed by atoms with E-state index in [0.717, 1.165) is 12.2 Å². The van der Waals surface area contributed by atoms with Gasteiger partial charge in [0.2, 0.25) is 0 Å². The topological polar surface area (TPSA) is 35.2 Å². The molecule has 1 aliphatic carbocycles. The Morgan fingerprint density at radius 2 is 2.08 bits per heavy atom. The molecule has 1 aromatic rings. The lowest BCUT2D eigenvalue weighted by Crippen LogP contribution is -2.24. The van der Waals surface area contributed by atoms with Crippen LogP contribution in [0.1, 0.15) is 23.1 Å².